The zero-order chi connectivity index (χ0) is 13.6. The van der Waals surface area contributed by atoms with Crippen molar-refractivity contribution in [1.29, 1.82) is 0 Å². The van der Waals surface area contributed by atoms with E-state index in [1.54, 1.807) is 4.68 Å². The van der Waals surface area contributed by atoms with Crippen LogP contribution in [0.5, 0.6) is 0 Å². The van der Waals surface area contributed by atoms with E-state index >= 15 is 0 Å². The van der Waals surface area contributed by atoms with Crippen molar-refractivity contribution in [3.63, 3.8) is 0 Å². The topological polar surface area (TPSA) is 72.5 Å². The molecule has 0 unspecified atom stereocenters. The number of nitrogens with two attached hydrogens (primary N) is 1. The van der Waals surface area contributed by atoms with Gasteiger partial charge >= 0.3 is 0 Å². The van der Waals surface area contributed by atoms with E-state index in [4.69, 9.17) is 5.73 Å². The highest BCUT2D eigenvalue weighted by Gasteiger charge is 2.20. The lowest BCUT2D eigenvalue weighted by atomic mass is 10.1. The number of nitrogen functional groups attached to an aromatic ring is 1. The van der Waals surface area contributed by atoms with Crippen molar-refractivity contribution in [3.8, 4) is 11.4 Å². The fraction of sp³-hybridized carbons (Fsp3) is 0.286. The Hall–Kier alpha value is -2.30. The molecule has 0 amide bonds. The maximum atomic E-state index is 6.14. The van der Waals surface area contributed by atoms with Gasteiger partial charge in [0.2, 0.25) is 0 Å². The van der Waals surface area contributed by atoms with E-state index in [1.807, 2.05) is 31.3 Å². The number of H-pyrrole nitrogens is 1. The smallest absolute Gasteiger partial charge is 0.144 e. The molecule has 2 heterocycles. The molecule has 0 aliphatic heterocycles. The predicted molar refractivity (Wildman–Crippen MR) is 76.8 cm³/mol. The van der Waals surface area contributed by atoms with Gasteiger partial charge in [-0.1, -0.05) is 26.0 Å². The molecule has 0 fully saturated rings. The molecule has 0 atom stereocenters. The first-order valence-electron chi connectivity index (χ1n) is 6.35. The lowest BCUT2D eigenvalue weighted by Crippen LogP contribution is -1.98. The number of benzene rings is 1. The number of aromatic nitrogens is 4. The maximum Gasteiger partial charge on any atom is 0.144 e. The van der Waals surface area contributed by atoms with Crippen molar-refractivity contribution >= 4 is 16.9 Å². The zero-order valence-electron chi connectivity index (χ0n) is 11.3. The highest BCUT2D eigenvalue weighted by atomic mass is 15.3. The molecule has 98 valence electrons. The summed E-state index contributed by atoms with van der Waals surface area (Å²) in [6.07, 6.45) is 0. The number of nitrogens with one attached hydrogen (secondary N) is 1. The van der Waals surface area contributed by atoms with Gasteiger partial charge in [0.05, 0.1) is 22.3 Å². The number of anilines is 1. The van der Waals surface area contributed by atoms with Crippen LogP contribution in [-0.2, 0) is 7.05 Å². The van der Waals surface area contributed by atoms with E-state index in [1.165, 1.54) is 0 Å². The van der Waals surface area contributed by atoms with Gasteiger partial charge in [-0.15, -0.1) is 0 Å². The van der Waals surface area contributed by atoms with Crippen molar-refractivity contribution in [1.82, 2.24) is 19.7 Å². The van der Waals surface area contributed by atoms with Crippen molar-refractivity contribution in [2.45, 2.75) is 19.8 Å². The van der Waals surface area contributed by atoms with Crippen LogP contribution in [-0.4, -0.2) is 19.7 Å². The third-order valence-corrected chi connectivity index (χ3v) is 3.29. The average Bonchev–Trinajstić information content (AvgIpc) is 2.91. The van der Waals surface area contributed by atoms with Crippen LogP contribution in [0.1, 0.15) is 25.5 Å². The maximum absolute atomic E-state index is 6.14. The predicted octanol–water partition coefficient (Wildman–Crippen LogP) is 2.67. The molecule has 2 aromatic heterocycles. The lowest BCUT2D eigenvalue weighted by Gasteiger charge is -2.03. The first-order chi connectivity index (χ1) is 9.08. The Morgan fingerprint density at radius 2 is 2.00 bits per heavy atom. The SMILES string of the molecule is CC(C)c1nn(C)c(N)c1-c1nc2ccccc2[nH]1. The normalized spacial score (nSPS) is 11.6. The van der Waals surface area contributed by atoms with Crippen LogP contribution in [0.2, 0.25) is 0 Å². The van der Waals surface area contributed by atoms with Crippen LogP contribution in [0.15, 0.2) is 24.3 Å². The third kappa shape index (κ3) is 1.78. The zero-order valence-corrected chi connectivity index (χ0v) is 11.3. The number of imidazole rings is 1. The molecule has 5 nitrogen and oxygen atoms in total. The molecule has 0 bridgehead atoms. The summed E-state index contributed by atoms with van der Waals surface area (Å²) in [5, 5.41) is 4.49. The molecule has 5 heteroatoms. The van der Waals surface area contributed by atoms with Gasteiger partial charge < -0.3 is 10.7 Å². The Kier molecular flexibility index (Phi) is 2.55. The van der Waals surface area contributed by atoms with Gasteiger partial charge in [-0.25, -0.2) is 4.98 Å². The molecule has 0 saturated heterocycles. The third-order valence-electron chi connectivity index (χ3n) is 3.29. The van der Waals surface area contributed by atoms with Gasteiger partial charge in [0.25, 0.3) is 0 Å². The Morgan fingerprint density at radius 3 is 2.68 bits per heavy atom. The van der Waals surface area contributed by atoms with Crippen LogP contribution in [0.3, 0.4) is 0 Å². The summed E-state index contributed by atoms with van der Waals surface area (Å²) < 4.78 is 1.71. The number of hydrogen-bond donors (Lipinski definition) is 2. The van der Waals surface area contributed by atoms with Crippen molar-refractivity contribution in [2.75, 3.05) is 5.73 Å². The number of hydrogen-bond acceptors (Lipinski definition) is 3. The summed E-state index contributed by atoms with van der Waals surface area (Å²) in [5.41, 5.74) is 9.97. The van der Waals surface area contributed by atoms with E-state index in [2.05, 4.69) is 28.9 Å². The monoisotopic (exact) mass is 255 g/mol. The minimum Gasteiger partial charge on any atom is -0.383 e. The number of para-hydroxylation sites is 2. The van der Waals surface area contributed by atoms with E-state index in [0.29, 0.717) is 11.7 Å². The fourth-order valence-corrected chi connectivity index (χ4v) is 2.28. The van der Waals surface area contributed by atoms with Crippen LogP contribution < -0.4 is 5.73 Å². The lowest BCUT2D eigenvalue weighted by molar-refractivity contribution is 0.719. The van der Waals surface area contributed by atoms with E-state index < -0.39 is 0 Å². The molecule has 19 heavy (non-hydrogen) atoms. The summed E-state index contributed by atoms with van der Waals surface area (Å²) in [6.45, 7) is 4.21. The summed E-state index contributed by atoms with van der Waals surface area (Å²) in [7, 11) is 1.85. The van der Waals surface area contributed by atoms with Crippen LogP contribution in [0, 0.1) is 0 Å². The summed E-state index contributed by atoms with van der Waals surface area (Å²) in [5.74, 6) is 1.73. The molecular weight excluding hydrogens is 238 g/mol. The molecule has 3 aromatic rings. The standard InChI is InChI=1S/C14H17N5/c1-8(2)12-11(13(15)19(3)18-12)14-16-9-6-4-5-7-10(9)17-14/h4-8H,15H2,1-3H3,(H,16,17). The number of aromatic amines is 1. The van der Waals surface area contributed by atoms with Crippen molar-refractivity contribution in [2.24, 2.45) is 7.05 Å². The molecule has 3 rings (SSSR count). The number of nitrogens with zero attached hydrogens (tertiary/aromatic N) is 3. The van der Waals surface area contributed by atoms with Gasteiger partial charge in [0.15, 0.2) is 0 Å². The molecular formula is C14H17N5. The highest BCUT2D eigenvalue weighted by Crippen LogP contribution is 2.32. The largest absolute Gasteiger partial charge is 0.383 e. The summed E-state index contributed by atoms with van der Waals surface area (Å²) in [6, 6.07) is 7.95. The Labute approximate surface area is 111 Å². The second kappa shape index (κ2) is 4.12. The van der Waals surface area contributed by atoms with Gasteiger partial charge in [0.1, 0.15) is 11.6 Å². The molecule has 0 aliphatic carbocycles. The Morgan fingerprint density at radius 1 is 1.26 bits per heavy atom. The highest BCUT2D eigenvalue weighted by molar-refractivity contribution is 5.82. The Bertz CT molecular complexity index is 702. The van der Waals surface area contributed by atoms with Gasteiger partial charge in [-0.05, 0) is 18.1 Å². The second-order valence-corrected chi connectivity index (χ2v) is 5.03. The quantitative estimate of drug-likeness (QED) is 0.739. The molecule has 3 N–H and O–H groups in total. The van der Waals surface area contributed by atoms with Crippen molar-refractivity contribution in [3.05, 3.63) is 30.0 Å². The number of fused-ring (bicyclic) bond motifs is 1. The summed E-state index contributed by atoms with van der Waals surface area (Å²) >= 11 is 0. The van der Waals surface area contributed by atoms with Crippen LogP contribution in [0.25, 0.3) is 22.4 Å². The second-order valence-electron chi connectivity index (χ2n) is 5.03. The first-order valence-corrected chi connectivity index (χ1v) is 6.35. The van der Waals surface area contributed by atoms with Gasteiger partial charge in [-0.2, -0.15) is 5.10 Å². The Balaban J connectivity index is 2.26. The number of aryl methyl sites for hydroxylation is 1. The molecule has 0 spiro atoms. The average molecular weight is 255 g/mol. The van der Waals surface area contributed by atoms with E-state index in [0.717, 1.165) is 28.1 Å². The van der Waals surface area contributed by atoms with Gasteiger partial charge in [0, 0.05) is 7.05 Å². The number of rotatable bonds is 2. The molecule has 0 saturated carbocycles. The fourth-order valence-electron chi connectivity index (χ4n) is 2.28. The minimum atomic E-state index is 0.298. The van der Waals surface area contributed by atoms with E-state index in [-0.39, 0.29) is 0 Å². The van der Waals surface area contributed by atoms with Crippen LogP contribution in [0.4, 0.5) is 5.82 Å². The van der Waals surface area contributed by atoms with E-state index in [9.17, 15) is 0 Å². The molecule has 1 aromatic carbocycles. The molecule has 0 aliphatic rings. The van der Waals surface area contributed by atoms with Crippen LogP contribution >= 0.6 is 0 Å². The minimum absolute atomic E-state index is 0.298. The van der Waals surface area contributed by atoms with Gasteiger partial charge in [-0.3, -0.25) is 4.68 Å². The van der Waals surface area contributed by atoms with Crippen molar-refractivity contribution < 1.29 is 0 Å². The summed E-state index contributed by atoms with van der Waals surface area (Å²) in [4.78, 5) is 7.93. The first kappa shape index (κ1) is 11.8. The molecule has 0 radical (unpaired) electrons.